The molecule has 2 atom stereocenters. The summed E-state index contributed by atoms with van der Waals surface area (Å²) in [6.45, 7) is 11.8. The number of likely N-dealkylation sites (tertiary alicyclic amines) is 1. The molecule has 0 bridgehead atoms. The minimum Gasteiger partial charge on any atom is -0.327 e. The summed E-state index contributed by atoms with van der Waals surface area (Å²) in [5.74, 6) is 0. The van der Waals surface area contributed by atoms with Gasteiger partial charge in [0.25, 0.3) is 0 Å². The van der Waals surface area contributed by atoms with E-state index in [1.807, 2.05) is 0 Å². The molecular formula is C14H26N4. The van der Waals surface area contributed by atoms with Crippen LogP contribution in [-0.4, -0.2) is 33.8 Å². The molecule has 0 spiro atoms. The predicted octanol–water partition coefficient (Wildman–Crippen LogP) is 2.00. The summed E-state index contributed by atoms with van der Waals surface area (Å²) in [4.78, 5) is 2.51. The maximum absolute atomic E-state index is 6.09. The molecule has 102 valence electrons. The van der Waals surface area contributed by atoms with E-state index in [-0.39, 0.29) is 0 Å². The van der Waals surface area contributed by atoms with E-state index in [2.05, 4.69) is 42.4 Å². The van der Waals surface area contributed by atoms with Crippen molar-refractivity contribution in [2.45, 2.75) is 59.2 Å². The van der Waals surface area contributed by atoms with Gasteiger partial charge in [-0.2, -0.15) is 5.10 Å². The van der Waals surface area contributed by atoms with E-state index in [0.29, 0.717) is 12.1 Å². The van der Waals surface area contributed by atoms with Crippen molar-refractivity contribution >= 4 is 0 Å². The van der Waals surface area contributed by atoms with Crippen LogP contribution in [0.25, 0.3) is 0 Å². The summed E-state index contributed by atoms with van der Waals surface area (Å²) in [6.07, 6.45) is 2.38. The first-order valence-electron chi connectivity index (χ1n) is 7.08. The zero-order valence-electron chi connectivity index (χ0n) is 12.1. The van der Waals surface area contributed by atoms with Crippen molar-refractivity contribution in [1.82, 2.24) is 14.7 Å². The summed E-state index contributed by atoms with van der Waals surface area (Å²) < 4.78 is 2.10. The molecule has 2 unspecified atom stereocenters. The Morgan fingerprint density at radius 1 is 1.44 bits per heavy atom. The van der Waals surface area contributed by atoms with E-state index >= 15 is 0 Å². The normalized spacial score (nSPS) is 23.3. The highest BCUT2D eigenvalue weighted by Crippen LogP contribution is 2.28. The van der Waals surface area contributed by atoms with E-state index in [0.717, 1.165) is 26.1 Å². The minimum atomic E-state index is 0.336. The smallest absolute Gasteiger partial charge is 0.0644 e. The van der Waals surface area contributed by atoms with Crippen molar-refractivity contribution in [3.63, 3.8) is 0 Å². The predicted molar refractivity (Wildman–Crippen MR) is 74.6 cm³/mol. The number of aryl methyl sites for hydroxylation is 2. The van der Waals surface area contributed by atoms with Crippen LogP contribution < -0.4 is 5.73 Å². The first-order valence-corrected chi connectivity index (χ1v) is 7.08. The summed E-state index contributed by atoms with van der Waals surface area (Å²) >= 11 is 0. The Morgan fingerprint density at radius 2 is 2.17 bits per heavy atom. The third-order valence-electron chi connectivity index (χ3n) is 4.19. The standard InChI is InChI=1S/C14H26N4/c1-5-18-12(4)14(10(2)16-18)11(3)17-8-6-7-13(15)9-17/h11,13H,5-9,15H2,1-4H3. The lowest BCUT2D eigenvalue weighted by Crippen LogP contribution is -2.44. The van der Waals surface area contributed by atoms with Gasteiger partial charge in [-0.3, -0.25) is 9.58 Å². The van der Waals surface area contributed by atoms with Gasteiger partial charge in [0.05, 0.1) is 5.69 Å². The average molecular weight is 250 g/mol. The van der Waals surface area contributed by atoms with Gasteiger partial charge in [0.15, 0.2) is 0 Å². The Kier molecular flexibility index (Phi) is 4.07. The Bertz CT molecular complexity index is 410. The van der Waals surface area contributed by atoms with Crippen molar-refractivity contribution in [3.8, 4) is 0 Å². The van der Waals surface area contributed by atoms with Crippen LogP contribution in [0.5, 0.6) is 0 Å². The van der Waals surface area contributed by atoms with Gasteiger partial charge < -0.3 is 5.73 Å². The van der Waals surface area contributed by atoms with Gasteiger partial charge in [-0.25, -0.2) is 0 Å². The molecule has 2 N–H and O–H groups in total. The number of rotatable bonds is 3. The fourth-order valence-corrected chi connectivity index (χ4v) is 3.20. The van der Waals surface area contributed by atoms with Gasteiger partial charge in [0.1, 0.15) is 0 Å². The van der Waals surface area contributed by atoms with Crippen molar-refractivity contribution in [3.05, 3.63) is 17.0 Å². The van der Waals surface area contributed by atoms with Crippen LogP contribution in [0.15, 0.2) is 0 Å². The van der Waals surface area contributed by atoms with Crippen molar-refractivity contribution in [1.29, 1.82) is 0 Å². The van der Waals surface area contributed by atoms with E-state index in [9.17, 15) is 0 Å². The molecule has 1 aromatic heterocycles. The Hall–Kier alpha value is -0.870. The molecular weight excluding hydrogens is 224 g/mol. The molecule has 4 heteroatoms. The number of hydrogen-bond donors (Lipinski definition) is 1. The summed E-state index contributed by atoms with van der Waals surface area (Å²) in [7, 11) is 0. The molecule has 18 heavy (non-hydrogen) atoms. The Labute approximate surface area is 110 Å². The van der Waals surface area contributed by atoms with Gasteiger partial charge in [-0.05, 0) is 47.1 Å². The first kappa shape index (κ1) is 13.6. The molecule has 0 saturated carbocycles. The second-order valence-corrected chi connectivity index (χ2v) is 5.47. The van der Waals surface area contributed by atoms with Crippen molar-refractivity contribution in [2.75, 3.05) is 13.1 Å². The highest BCUT2D eigenvalue weighted by molar-refractivity contribution is 5.28. The number of nitrogens with zero attached hydrogens (tertiary/aromatic N) is 3. The molecule has 2 heterocycles. The SMILES string of the molecule is CCn1nc(C)c(C(C)N2CCCC(N)C2)c1C. The summed E-state index contributed by atoms with van der Waals surface area (Å²) in [5.41, 5.74) is 9.96. The molecule has 1 aromatic rings. The highest BCUT2D eigenvalue weighted by atomic mass is 15.3. The fraction of sp³-hybridized carbons (Fsp3) is 0.786. The van der Waals surface area contributed by atoms with Crippen LogP contribution >= 0.6 is 0 Å². The third-order valence-corrected chi connectivity index (χ3v) is 4.19. The summed E-state index contributed by atoms with van der Waals surface area (Å²) in [5, 5.41) is 4.62. The number of hydrogen-bond acceptors (Lipinski definition) is 3. The molecule has 0 radical (unpaired) electrons. The minimum absolute atomic E-state index is 0.336. The molecule has 1 fully saturated rings. The van der Waals surface area contributed by atoms with Crippen molar-refractivity contribution < 1.29 is 0 Å². The molecule has 0 aliphatic carbocycles. The van der Waals surface area contributed by atoms with E-state index in [1.54, 1.807) is 0 Å². The lowest BCUT2D eigenvalue weighted by Gasteiger charge is -2.35. The van der Waals surface area contributed by atoms with Gasteiger partial charge in [-0.15, -0.1) is 0 Å². The monoisotopic (exact) mass is 250 g/mol. The molecule has 1 aliphatic heterocycles. The fourth-order valence-electron chi connectivity index (χ4n) is 3.20. The van der Waals surface area contributed by atoms with Gasteiger partial charge in [0, 0.05) is 36.4 Å². The largest absolute Gasteiger partial charge is 0.327 e. The van der Waals surface area contributed by atoms with E-state index < -0.39 is 0 Å². The van der Waals surface area contributed by atoms with Crippen molar-refractivity contribution in [2.24, 2.45) is 5.73 Å². The van der Waals surface area contributed by atoms with Crippen LogP contribution in [0.2, 0.25) is 0 Å². The van der Waals surface area contributed by atoms with Crippen LogP contribution in [0, 0.1) is 13.8 Å². The molecule has 2 rings (SSSR count). The van der Waals surface area contributed by atoms with E-state index in [4.69, 9.17) is 5.73 Å². The number of aromatic nitrogens is 2. The molecule has 1 saturated heterocycles. The molecule has 4 nitrogen and oxygen atoms in total. The zero-order chi connectivity index (χ0) is 13.3. The maximum atomic E-state index is 6.09. The zero-order valence-corrected chi connectivity index (χ0v) is 12.1. The topological polar surface area (TPSA) is 47.1 Å². The quantitative estimate of drug-likeness (QED) is 0.892. The second-order valence-electron chi connectivity index (χ2n) is 5.47. The molecule has 1 aliphatic rings. The van der Waals surface area contributed by atoms with Gasteiger partial charge in [-0.1, -0.05) is 0 Å². The highest BCUT2D eigenvalue weighted by Gasteiger charge is 2.26. The first-order chi connectivity index (χ1) is 8.54. The maximum Gasteiger partial charge on any atom is 0.0644 e. The Balaban J connectivity index is 2.22. The molecule has 0 aromatic carbocycles. The second kappa shape index (κ2) is 5.41. The number of piperidine rings is 1. The van der Waals surface area contributed by atoms with E-state index in [1.165, 1.54) is 23.4 Å². The lowest BCUT2D eigenvalue weighted by atomic mass is 10.00. The summed E-state index contributed by atoms with van der Waals surface area (Å²) in [6, 6.07) is 0.764. The van der Waals surface area contributed by atoms with Crippen LogP contribution in [0.3, 0.4) is 0 Å². The third kappa shape index (κ3) is 2.45. The van der Waals surface area contributed by atoms with Crippen LogP contribution in [0.4, 0.5) is 0 Å². The Morgan fingerprint density at radius 3 is 2.72 bits per heavy atom. The van der Waals surface area contributed by atoms with Gasteiger partial charge >= 0.3 is 0 Å². The van der Waals surface area contributed by atoms with Crippen LogP contribution in [-0.2, 0) is 6.54 Å². The molecule has 0 amide bonds. The van der Waals surface area contributed by atoms with Gasteiger partial charge in [0.2, 0.25) is 0 Å². The number of nitrogens with two attached hydrogens (primary N) is 1. The van der Waals surface area contributed by atoms with Crippen LogP contribution in [0.1, 0.15) is 49.7 Å². The average Bonchev–Trinajstić information content (AvgIpc) is 2.63. The lowest BCUT2D eigenvalue weighted by molar-refractivity contribution is 0.158.